The molecule has 2 aromatic heterocycles. The maximum Gasteiger partial charge on any atom is 0.407 e. The molecule has 1 unspecified atom stereocenters. The van der Waals surface area contributed by atoms with Gasteiger partial charge < -0.3 is 14.6 Å². The second-order valence-electron chi connectivity index (χ2n) is 5.37. The van der Waals surface area contributed by atoms with E-state index in [-0.39, 0.29) is 6.04 Å². The smallest absolute Gasteiger partial charge is 0.407 e. The van der Waals surface area contributed by atoms with Crippen molar-refractivity contribution in [1.82, 2.24) is 20.0 Å². The molecule has 1 aliphatic rings. The molecule has 2 N–H and O–H groups in total. The van der Waals surface area contributed by atoms with Gasteiger partial charge in [-0.25, -0.2) is 4.79 Å². The molecule has 1 saturated heterocycles. The number of fused-ring (bicyclic) bond motifs is 1. The molecule has 1 fully saturated rings. The molecule has 1 atom stereocenters. The Balaban J connectivity index is 1.67. The topological polar surface area (TPSA) is 95.2 Å². The Hall–Kier alpha value is -2.83. The maximum absolute atomic E-state index is 11.2. The number of carbonyl (C=O) groups is 1. The molecule has 0 saturated carbocycles. The predicted molar refractivity (Wildman–Crippen MR) is 78.3 cm³/mol. The van der Waals surface area contributed by atoms with E-state index in [2.05, 4.69) is 15.1 Å². The molecular weight excluding hydrogens is 284 g/mol. The number of rotatable bonds is 2. The molecule has 1 aromatic carbocycles. The number of amides is 1. The summed E-state index contributed by atoms with van der Waals surface area (Å²) in [4.78, 5) is 20.1. The number of benzene rings is 1. The summed E-state index contributed by atoms with van der Waals surface area (Å²) < 4.78 is 5.30. The van der Waals surface area contributed by atoms with Crippen LogP contribution >= 0.6 is 0 Å². The first kappa shape index (κ1) is 12.9. The zero-order valence-corrected chi connectivity index (χ0v) is 11.7. The minimum atomic E-state index is -0.948. The number of aromatic nitrogens is 3. The zero-order valence-electron chi connectivity index (χ0n) is 11.7. The lowest BCUT2D eigenvalue weighted by Gasteiger charge is -2.17. The van der Waals surface area contributed by atoms with Crippen LogP contribution in [0.1, 0.15) is 24.8 Å². The molecule has 112 valence electrons. The van der Waals surface area contributed by atoms with Crippen molar-refractivity contribution >= 4 is 17.0 Å². The normalized spacial score (nSPS) is 18.2. The standard InChI is InChI=1S/C15H14N4O3/c20-15(21)19-7-1-2-12(19)14-17-13(18-22-14)10-3-4-11-9(8-10)5-6-16-11/h3-6,8,12,16H,1-2,7H2,(H,20,21). The number of nitrogens with one attached hydrogen (secondary N) is 1. The van der Waals surface area contributed by atoms with Gasteiger partial charge in [-0.1, -0.05) is 5.16 Å². The Morgan fingerprint density at radius 2 is 2.32 bits per heavy atom. The van der Waals surface area contributed by atoms with E-state index in [9.17, 15) is 9.90 Å². The molecule has 22 heavy (non-hydrogen) atoms. The highest BCUT2D eigenvalue weighted by Crippen LogP contribution is 2.32. The van der Waals surface area contributed by atoms with Crippen LogP contribution in [0.4, 0.5) is 4.79 Å². The highest BCUT2D eigenvalue weighted by atomic mass is 16.5. The van der Waals surface area contributed by atoms with Gasteiger partial charge in [0.05, 0.1) is 0 Å². The van der Waals surface area contributed by atoms with Gasteiger partial charge in [-0.15, -0.1) is 0 Å². The van der Waals surface area contributed by atoms with Gasteiger partial charge >= 0.3 is 6.09 Å². The van der Waals surface area contributed by atoms with Crippen LogP contribution in [0.2, 0.25) is 0 Å². The Bertz CT molecular complexity index is 838. The average molecular weight is 298 g/mol. The van der Waals surface area contributed by atoms with Crippen molar-refractivity contribution in [3.63, 3.8) is 0 Å². The van der Waals surface area contributed by atoms with Crippen molar-refractivity contribution in [3.05, 3.63) is 36.4 Å². The van der Waals surface area contributed by atoms with Crippen LogP contribution < -0.4 is 0 Å². The Kier molecular flexibility index (Phi) is 2.85. The number of carboxylic acid groups (broad SMARTS) is 1. The van der Waals surface area contributed by atoms with Crippen LogP contribution in [-0.2, 0) is 0 Å². The lowest BCUT2D eigenvalue weighted by molar-refractivity contribution is 0.131. The Morgan fingerprint density at radius 1 is 1.41 bits per heavy atom. The van der Waals surface area contributed by atoms with E-state index in [1.165, 1.54) is 4.90 Å². The number of H-pyrrole nitrogens is 1. The molecule has 7 nitrogen and oxygen atoms in total. The van der Waals surface area contributed by atoms with E-state index in [4.69, 9.17) is 4.52 Å². The van der Waals surface area contributed by atoms with Crippen LogP contribution in [0.5, 0.6) is 0 Å². The summed E-state index contributed by atoms with van der Waals surface area (Å²) in [5.41, 5.74) is 1.89. The van der Waals surface area contributed by atoms with E-state index < -0.39 is 6.09 Å². The fourth-order valence-electron chi connectivity index (χ4n) is 2.93. The summed E-state index contributed by atoms with van der Waals surface area (Å²) in [7, 11) is 0. The summed E-state index contributed by atoms with van der Waals surface area (Å²) in [6, 6.07) is 7.49. The number of likely N-dealkylation sites (tertiary alicyclic amines) is 1. The van der Waals surface area contributed by atoms with Gasteiger partial charge in [0.2, 0.25) is 11.7 Å². The second kappa shape index (κ2) is 4.87. The fourth-order valence-corrected chi connectivity index (χ4v) is 2.93. The molecule has 4 rings (SSSR count). The molecule has 1 aliphatic heterocycles. The fraction of sp³-hybridized carbons (Fsp3) is 0.267. The summed E-state index contributed by atoms with van der Waals surface area (Å²) in [5, 5.41) is 14.3. The van der Waals surface area contributed by atoms with Crippen molar-refractivity contribution < 1.29 is 14.4 Å². The van der Waals surface area contributed by atoms with E-state index >= 15 is 0 Å². The van der Waals surface area contributed by atoms with Gasteiger partial charge in [-0.2, -0.15) is 4.98 Å². The van der Waals surface area contributed by atoms with Crippen molar-refractivity contribution in [2.24, 2.45) is 0 Å². The number of aromatic amines is 1. The van der Waals surface area contributed by atoms with Gasteiger partial charge in [0, 0.05) is 29.2 Å². The first-order chi connectivity index (χ1) is 10.7. The van der Waals surface area contributed by atoms with Crippen LogP contribution in [0.25, 0.3) is 22.3 Å². The third-order valence-electron chi connectivity index (χ3n) is 4.04. The minimum absolute atomic E-state index is 0.338. The quantitative estimate of drug-likeness (QED) is 0.758. The molecule has 0 spiro atoms. The van der Waals surface area contributed by atoms with Gasteiger partial charge in [0.25, 0.3) is 0 Å². The summed E-state index contributed by atoms with van der Waals surface area (Å²) in [6.07, 6.45) is 2.45. The summed E-state index contributed by atoms with van der Waals surface area (Å²) in [6.45, 7) is 0.507. The van der Waals surface area contributed by atoms with Crippen LogP contribution in [0.15, 0.2) is 35.0 Å². The maximum atomic E-state index is 11.2. The predicted octanol–water partition coefficient (Wildman–Crippen LogP) is 3.03. The Morgan fingerprint density at radius 3 is 3.18 bits per heavy atom. The van der Waals surface area contributed by atoms with Crippen molar-refractivity contribution in [2.75, 3.05) is 6.54 Å². The van der Waals surface area contributed by atoms with E-state index in [1.807, 2.05) is 30.5 Å². The number of hydrogen-bond acceptors (Lipinski definition) is 4. The second-order valence-corrected chi connectivity index (χ2v) is 5.37. The number of hydrogen-bond donors (Lipinski definition) is 2. The highest BCUT2D eigenvalue weighted by molar-refractivity contribution is 5.83. The molecule has 0 bridgehead atoms. The van der Waals surface area contributed by atoms with Gasteiger partial charge in [0.15, 0.2) is 0 Å². The first-order valence-electron chi connectivity index (χ1n) is 7.13. The van der Waals surface area contributed by atoms with E-state index in [0.717, 1.165) is 22.9 Å². The van der Waals surface area contributed by atoms with Crippen LogP contribution in [0, 0.1) is 0 Å². The zero-order chi connectivity index (χ0) is 15.1. The molecule has 1 amide bonds. The van der Waals surface area contributed by atoms with Crippen LogP contribution in [0.3, 0.4) is 0 Å². The monoisotopic (exact) mass is 298 g/mol. The molecule has 7 heteroatoms. The van der Waals surface area contributed by atoms with Crippen LogP contribution in [-0.4, -0.2) is 37.8 Å². The molecule has 3 aromatic rings. The minimum Gasteiger partial charge on any atom is -0.465 e. The van der Waals surface area contributed by atoms with Gasteiger partial charge in [-0.3, -0.25) is 4.90 Å². The molecule has 3 heterocycles. The lowest BCUT2D eigenvalue weighted by atomic mass is 10.1. The third-order valence-corrected chi connectivity index (χ3v) is 4.04. The van der Waals surface area contributed by atoms with Gasteiger partial charge in [-0.05, 0) is 37.1 Å². The molecular formula is C15H14N4O3. The van der Waals surface area contributed by atoms with Crippen molar-refractivity contribution in [2.45, 2.75) is 18.9 Å². The van der Waals surface area contributed by atoms with Gasteiger partial charge in [0.1, 0.15) is 6.04 Å². The Labute approximate surface area is 125 Å². The average Bonchev–Trinajstić information content (AvgIpc) is 3.25. The SMILES string of the molecule is O=C(O)N1CCCC1c1nc(-c2ccc3[nH]ccc3c2)no1. The molecule has 0 radical (unpaired) electrons. The first-order valence-corrected chi connectivity index (χ1v) is 7.13. The highest BCUT2D eigenvalue weighted by Gasteiger charge is 2.34. The van der Waals surface area contributed by atoms with E-state index in [0.29, 0.717) is 24.7 Å². The summed E-state index contributed by atoms with van der Waals surface area (Å²) in [5.74, 6) is 0.847. The summed E-state index contributed by atoms with van der Waals surface area (Å²) >= 11 is 0. The lowest BCUT2D eigenvalue weighted by Crippen LogP contribution is -2.28. The van der Waals surface area contributed by atoms with Crippen molar-refractivity contribution in [1.29, 1.82) is 0 Å². The number of nitrogens with zero attached hydrogens (tertiary/aromatic N) is 3. The van der Waals surface area contributed by atoms with E-state index in [1.54, 1.807) is 0 Å². The molecule has 0 aliphatic carbocycles. The largest absolute Gasteiger partial charge is 0.465 e. The third kappa shape index (κ3) is 2.02. The van der Waals surface area contributed by atoms with Crippen molar-refractivity contribution in [3.8, 4) is 11.4 Å².